The minimum Gasteiger partial charge on any atom is -0.320 e. The number of carbonyl (C=O) groups is 1. The molecule has 0 spiro atoms. The summed E-state index contributed by atoms with van der Waals surface area (Å²) in [6.45, 7) is 0. The molecule has 0 aliphatic carbocycles. The fourth-order valence-electron chi connectivity index (χ4n) is 1.49. The second-order valence-electron chi connectivity index (χ2n) is 3.71. The van der Waals surface area contributed by atoms with Crippen LogP contribution in [0.3, 0.4) is 0 Å². The summed E-state index contributed by atoms with van der Waals surface area (Å²) in [6, 6.07) is 10.9. The molecule has 0 radical (unpaired) electrons. The second kappa shape index (κ2) is 6.43. The summed E-state index contributed by atoms with van der Waals surface area (Å²) in [5, 5.41) is 2.87. The predicted octanol–water partition coefficient (Wildman–Crippen LogP) is 5.52. The first-order chi connectivity index (χ1) is 8.99. The van der Waals surface area contributed by atoms with E-state index in [2.05, 4.69) is 65.7 Å². The Kier molecular flexibility index (Phi) is 5.11. The van der Waals surface area contributed by atoms with Crippen molar-refractivity contribution in [1.29, 1.82) is 0 Å². The Morgan fingerprint density at radius 3 is 2.26 bits per heavy atom. The third kappa shape index (κ3) is 3.62. The molecule has 0 bridgehead atoms. The van der Waals surface area contributed by atoms with Gasteiger partial charge in [-0.3, -0.25) is 4.79 Å². The first kappa shape index (κ1) is 15.1. The van der Waals surface area contributed by atoms with Crippen LogP contribution in [0.15, 0.2) is 54.7 Å². The van der Waals surface area contributed by atoms with Gasteiger partial charge in [0.2, 0.25) is 0 Å². The number of hydrogen-bond donors (Lipinski definition) is 2. The molecule has 0 saturated carbocycles. The predicted molar refractivity (Wildman–Crippen MR) is 91.2 cm³/mol. The van der Waals surface area contributed by atoms with Crippen LogP contribution in [-0.4, -0.2) is 5.91 Å². The van der Waals surface area contributed by atoms with E-state index in [1.807, 2.05) is 24.3 Å². The van der Waals surface area contributed by atoms with Gasteiger partial charge in [-0.05, 0) is 78.1 Å². The van der Waals surface area contributed by atoms with Gasteiger partial charge < -0.3 is 5.32 Å². The number of hydrogen-bond acceptors (Lipinski definition) is 2. The topological polar surface area (TPSA) is 29.1 Å². The molecule has 2 rings (SSSR count). The third-order valence-corrected chi connectivity index (χ3v) is 4.69. The zero-order chi connectivity index (χ0) is 14.0. The molecule has 0 unspecified atom stereocenters. The molecule has 0 atom stereocenters. The zero-order valence-electron chi connectivity index (χ0n) is 9.45. The molecule has 2 aromatic carbocycles. The molecule has 6 heteroatoms. The quantitative estimate of drug-likeness (QED) is 0.562. The number of thiol groups is 1. The highest BCUT2D eigenvalue weighted by Crippen LogP contribution is 2.31. The van der Waals surface area contributed by atoms with Crippen LogP contribution in [0.4, 0.5) is 5.69 Å². The number of carbonyl (C=O) groups excluding carboxylic acids is 1. The number of rotatable bonds is 2. The third-order valence-electron chi connectivity index (χ3n) is 2.40. The Morgan fingerprint density at radius 1 is 1.00 bits per heavy atom. The van der Waals surface area contributed by atoms with Crippen LogP contribution in [0, 0.1) is 0 Å². The summed E-state index contributed by atoms with van der Waals surface area (Å²) < 4.78 is 2.35. The summed E-state index contributed by atoms with van der Waals surface area (Å²) in [7, 11) is 0. The van der Waals surface area contributed by atoms with Gasteiger partial charge in [-0.15, -0.1) is 12.6 Å². The van der Waals surface area contributed by atoms with Gasteiger partial charge >= 0.3 is 0 Å². The van der Waals surface area contributed by atoms with Crippen LogP contribution in [0.1, 0.15) is 10.4 Å². The number of halogens is 3. The summed E-state index contributed by atoms with van der Waals surface area (Å²) in [4.78, 5) is 13.0. The van der Waals surface area contributed by atoms with Gasteiger partial charge in [-0.2, -0.15) is 0 Å². The van der Waals surface area contributed by atoms with Gasteiger partial charge in [0.15, 0.2) is 0 Å². The Bertz CT molecular complexity index is 626. The Hall–Kier alpha value is -0.300. The van der Waals surface area contributed by atoms with Crippen molar-refractivity contribution in [2.45, 2.75) is 4.90 Å². The van der Waals surface area contributed by atoms with E-state index in [4.69, 9.17) is 0 Å². The number of para-hydroxylation sites is 1. The average molecular weight is 466 g/mol. The molecule has 0 aliphatic heterocycles. The lowest BCUT2D eigenvalue weighted by Gasteiger charge is -2.11. The molecule has 0 aromatic heterocycles. The molecule has 0 heterocycles. The molecular weight excluding hydrogens is 458 g/mol. The van der Waals surface area contributed by atoms with Gasteiger partial charge in [0.05, 0.1) is 11.3 Å². The largest absolute Gasteiger partial charge is 0.320 e. The first-order valence-corrected chi connectivity index (χ1v) is 8.05. The highest BCUT2D eigenvalue weighted by Gasteiger charge is 2.13. The van der Waals surface area contributed by atoms with Crippen LogP contribution < -0.4 is 5.32 Å². The van der Waals surface area contributed by atoms with Gasteiger partial charge in [0.25, 0.3) is 5.91 Å². The minimum absolute atomic E-state index is 0.199. The minimum atomic E-state index is -0.199. The highest BCUT2D eigenvalue weighted by molar-refractivity contribution is 9.11. The summed E-state index contributed by atoms with van der Waals surface area (Å²) in [5.41, 5.74) is 1.24. The number of benzene rings is 2. The summed E-state index contributed by atoms with van der Waals surface area (Å²) in [5.74, 6) is -0.199. The lowest BCUT2D eigenvalue weighted by atomic mass is 10.2. The Balaban J connectivity index is 2.34. The lowest BCUT2D eigenvalue weighted by molar-refractivity contribution is 0.102. The Morgan fingerprint density at radius 2 is 1.63 bits per heavy atom. The molecule has 2 aromatic rings. The zero-order valence-corrected chi connectivity index (χ0v) is 15.1. The molecule has 0 saturated heterocycles. The van der Waals surface area contributed by atoms with Crippen molar-refractivity contribution in [3.8, 4) is 0 Å². The lowest BCUT2D eigenvalue weighted by Crippen LogP contribution is -2.13. The van der Waals surface area contributed by atoms with Crippen LogP contribution >= 0.6 is 60.4 Å². The van der Waals surface area contributed by atoms with E-state index in [9.17, 15) is 4.79 Å². The first-order valence-electron chi connectivity index (χ1n) is 5.23. The SMILES string of the molecule is O=C(Nc1c(Br)cccc1Br)c1cc(S)ccc1Br. The molecule has 0 aliphatic rings. The van der Waals surface area contributed by atoms with Gasteiger partial charge in [-0.1, -0.05) is 6.07 Å². The molecule has 1 N–H and O–H groups in total. The van der Waals surface area contributed by atoms with Crippen LogP contribution in [-0.2, 0) is 0 Å². The van der Waals surface area contributed by atoms with Gasteiger partial charge in [0, 0.05) is 18.3 Å². The number of anilines is 1. The van der Waals surface area contributed by atoms with Gasteiger partial charge in [0.1, 0.15) is 0 Å². The second-order valence-corrected chi connectivity index (χ2v) is 6.79. The van der Waals surface area contributed by atoms with Crippen molar-refractivity contribution < 1.29 is 4.79 Å². The van der Waals surface area contributed by atoms with Crippen molar-refractivity contribution in [2.24, 2.45) is 0 Å². The molecule has 0 fully saturated rings. The van der Waals surface area contributed by atoms with Crippen molar-refractivity contribution in [2.75, 3.05) is 5.32 Å². The Labute approximate surface area is 141 Å². The van der Waals surface area contributed by atoms with E-state index in [0.29, 0.717) is 11.3 Å². The molecule has 98 valence electrons. The fraction of sp³-hybridized carbons (Fsp3) is 0. The van der Waals surface area contributed by atoms with E-state index in [1.54, 1.807) is 12.1 Å². The molecule has 1 amide bonds. The normalized spacial score (nSPS) is 10.3. The monoisotopic (exact) mass is 463 g/mol. The van der Waals surface area contributed by atoms with Gasteiger partial charge in [-0.25, -0.2) is 0 Å². The van der Waals surface area contributed by atoms with E-state index >= 15 is 0 Å². The smallest absolute Gasteiger partial charge is 0.256 e. The molecule has 2 nitrogen and oxygen atoms in total. The van der Waals surface area contributed by atoms with Crippen molar-refractivity contribution in [3.63, 3.8) is 0 Å². The maximum Gasteiger partial charge on any atom is 0.256 e. The number of amides is 1. The van der Waals surface area contributed by atoms with Crippen molar-refractivity contribution in [3.05, 3.63) is 55.4 Å². The van der Waals surface area contributed by atoms with E-state index in [-0.39, 0.29) is 5.91 Å². The summed E-state index contributed by atoms with van der Waals surface area (Å²) in [6.07, 6.45) is 0. The fourth-order valence-corrected chi connectivity index (χ4v) is 3.31. The van der Waals surface area contributed by atoms with Crippen molar-refractivity contribution in [1.82, 2.24) is 0 Å². The maximum atomic E-state index is 12.3. The maximum absolute atomic E-state index is 12.3. The average Bonchev–Trinajstić information content (AvgIpc) is 2.37. The highest BCUT2D eigenvalue weighted by atomic mass is 79.9. The van der Waals surface area contributed by atoms with Crippen LogP contribution in [0.5, 0.6) is 0 Å². The van der Waals surface area contributed by atoms with E-state index in [1.165, 1.54) is 0 Å². The molecule has 19 heavy (non-hydrogen) atoms. The van der Waals surface area contributed by atoms with Crippen molar-refractivity contribution >= 4 is 72.0 Å². The molecular formula is C13H8Br3NOS. The van der Waals surface area contributed by atoms with Crippen LogP contribution in [0.2, 0.25) is 0 Å². The summed E-state index contributed by atoms with van der Waals surface area (Å²) >= 11 is 14.4. The standard InChI is InChI=1S/C13H8Br3NOS/c14-9-5-4-7(19)6-8(9)13(18)17-12-10(15)2-1-3-11(12)16/h1-6,19H,(H,17,18). The number of nitrogens with one attached hydrogen (secondary N) is 1. The van der Waals surface area contributed by atoms with E-state index < -0.39 is 0 Å². The van der Waals surface area contributed by atoms with E-state index in [0.717, 1.165) is 18.3 Å². The van der Waals surface area contributed by atoms with Crippen LogP contribution in [0.25, 0.3) is 0 Å².